The highest BCUT2D eigenvalue weighted by Crippen LogP contribution is 2.31. The SMILES string of the molecule is O=c1[nH][nH]c(-c2ccc(O)cc2)c1N=Nc1ccc(Cl)cc1Cl. The molecule has 0 unspecified atom stereocenters. The quantitative estimate of drug-likeness (QED) is 0.593. The van der Waals surface area contributed by atoms with Gasteiger partial charge in [-0.2, -0.15) is 0 Å². The highest BCUT2D eigenvalue weighted by atomic mass is 35.5. The fraction of sp³-hybridized carbons (Fsp3) is 0. The predicted octanol–water partition coefficient (Wildman–Crippen LogP) is 4.80. The number of aromatic hydroxyl groups is 1. The molecule has 0 amide bonds. The van der Waals surface area contributed by atoms with Crippen LogP contribution in [-0.2, 0) is 0 Å². The zero-order valence-corrected chi connectivity index (χ0v) is 13.1. The first-order valence-corrected chi connectivity index (χ1v) is 7.27. The molecule has 0 spiro atoms. The maximum absolute atomic E-state index is 11.9. The Kier molecular flexibility index (Phi) is 4.18. The summed E-state index contributed by atoms with van der Waals surface area (Å²) in [5, 5.41) is 23.3. The van der Waals surface area contributed by atoms with E-state index >= 15 is 0 Å². The highest BCUT2D eigenvalue weighted by Gasteiger charge is 2.12. The summed E-state index contributed by atoms with van der Waals surface area (Å²) in [6.45, 7) is 0. The van der Waals surface area contributed by atoms with Gasteiger partial charge in [0.15, 0.2) is 5.69 Å². The van der Waals surface area contributed by atoms with E-state index in [0.717, 1.165) is 0 Å². The number of aromatic nitrogens is 2. The summed E-state index contributed by atoms with van der Waals surface area (Å²) >= 11 is 11.8. The summed E-state index contributed by atoms with van der Waals surface area (Å²) in [7, 11) is 0. The highest BCUT2D eigenvalue weighted by molar-refractivity contribution is 6.36. The fourth-order valence-corrected chi connectivity index (χ4v) is 2.40. The summed E-state index contributed by atoms with van der Waals surface area (Å²) in [5.41, 5.74) is 1.23. The van der Waals surface area contributed by atoms with Crippen molar-refractivity contribution in [1.82, 2.24) is 10.2 Å². The van der Waals surface area contributed by atoms with Crippen LogP contribution in [0.1, 0.15) is 0 Å². The normalized spacial score (nSPS) is 11.2. The third-order valence-electron chi connectivity index (χ3n) is 3.08. The van der Waals surface area contributed by atoms with Crippen molar-refractivity contribution in [2.45, 2.75) is 0 Å². The Bertz CT molecular complexity index is 929. The molecule has 8 heteroatoms. The van der Waals surface area contributed by atoms with E-state index in [2.05, 4.69) is 20.4 Å². The van der Waals surface area contributed by atoms with E-state index in [-0.39, 0.29) is 11.4 Å². The van der Waals surface area contributed by atoms with Crippen LogP contribution in [0.5, 0.6) is 5.75 Å². The van der Waals surface area contributed by atoms with E-state index in [1.807, 2.05) is 0 Å². The molecule has 0 bridgehead atoms. The molecule has 1 heterocycles. The molecule has 23 heavy (non-hydrogen) atoms. The van der Waals surface area contributed by atoms with Gasteiger partial charge in [-0.25, -0.2) is 0 Å². The summed E-state index contributed by atoms with van der Waals surface area (Å²) in [6.07, 6.45) is 0. The van der Waals surface area contributed by atoms with E-state index in [4.69, 9.17) is 23.2 Å². The van der Waals surface area contributed by atoms with E-state index < -0.39 is 5.56 Å². The number of azo groups is 1. The molecule has 1 aromatic heterocycles. The van der Waals surface area contributed by atoms with Crippen molar-refractivity contribution < 1.29 is 5.11 Å². The van der Waals surface area contributed by atoms with Crippen LogP contribution in [0.2, 0.25) is 10.0 Å². The van der Waals surface area contributed by atoms with Gasteiger partial charge in [0, 0.05) is 10.6 Å². The van der Waals surface area contributed by atoms with Gasteiger partial charge in [-0.15, -0.1) is 10.2 Å². The van der Waals surface area contributed by atoms with Crippen LogP contribution in [0.25, 0.3) is 11.3 Å². The summed E-state index contributed by atoms with van der Waals surface area (Å²) in [4.78, 5) is 11.9. The molecule has 0 fully saturated rings. The monoisotopic (exact) mass is 348 g/mol. The molecule has 6 nitrogen and oxygen atoms in total. The smallest absolute Gasteiger partial charge is 0.292 e. The van der Waals surface area contributed by atoms with Gasteiger partial charge in [0.2, 0.25) is 0 Å². The van der Waals surface area contributed by atoms with Gasteiger partial charge in [-0.3, -0.25) is 15.0 Å². The van der Waals surface area contributed by atoms with Gasteiger partial charge in [0.1, 0.15) is 11.4 Å². The second-order valence-electron chi connectivity index (χ2n) is 4.65. The number of H-pyrrole nitrogens is 2. The molecule has 3 aromatic rings. The second-order valence-corrected chi connectivity index (χ2v) is 5.49. The third-order valence-corrected chi connectivity index (χ3v) is 3.61. The molecule has 0 aliphatic carbocycles. The minimum atomic E-state index is -0.415. The summed E-state index contributed by atoms with van der Waals surface area (Å²) in [5.74, 6) is 0.128. The molecule has 0 aliphatic heterocycles. The number of halogens is 2. The number of nitrogens with zero attached hydrogens (tertiary/aromatic N) is 2. The average Bonchev–Trinajstić information content (AvgIpc) is 2.88. The maximum atomic E-state index is 11.9. The molecule has 116 valence electrons. The Morgan fingerprint density at radius 2 is 1.70 bits per heavy atom. The van der Waals surface area contributed by atoms with Crippen molar-refractivity contribution in [3.8, 4) is 17.0 Å². The molecule has 3 rings (SSSR count). The average molecular weight is 349 g/mol. The van der Waals surface area contributed by atoms with Crippen LogP contribution in [0.15, 0.2) is 57.5 Å². The minimum Gasteiger partial charge on any atom is -0.508 e. The lowest BCUT2D eigenvalue weighted by atomic mass is 10.1. The van der Waals surface area contributed by atoms with E-state index in [9.17, 15) is 9.90 Å². The molecule has 2 aromatic carbocycles. The predicted molar refractivity (Wildman–Crippen MR) is 89.2 cm³/mol. The van der Waals surface area contributed by atoms with Crippen LogP contribution in [0.4, 0.5) is 11.4 Å². The molecule has 0 aliphatic rings. The third kappa shape index (κ3) is 3.28. The standard InChI is InChI=1S/C15H10Cl2N4O2/c16-9-3-6-12(11(17)7-9)18-20-14-13(19-21-15(14)23)8-1-4-10(22)5-2-8/h1-7,22H,(H2,19,21,23). The van der Waals surface area contributed by atoms with Crippen LogP contribution >= 0.6 is 23.2 Å². The molecule has 0 atom stereocenters. The van der Waals surface area contributed by atoms with Crippen molar-refractivity contribution in [3.63, 3.8) is 0 Å². The van der Waals surface area contributed by atoms with Crippen molar-refractivity contribution in [2.24, 2.45) is 10.2 Å². The van der Waals surface area contributed by atoms with Gasteiger partial charge >= 0.3 is 0 Å². The largest absolute Gasteiger partial charge is 0.508 e. The molecular formula is C15H10Cl2N4O2. The molecule has 0 saturated heterocycles. The Balaban J connectivity index is 2.00. The minimum absolute atomic E-state index is 0.113. The number of phenolic OH excluding ortho intramolecular Hbond substituents is 1. The Labute approximate surface area is 140 Å². The van der Waals surface area contributed by atoms with E-state index in [0.29, 0.717) is 27.0 Å². The van der Waals surface area contributed by atoms with Crippen LogP contribution in [0.3, 0.4) is 0 Å². The molecule has 0 saturated carbocycles. The van der Waals surface area contributed by atoms with Gasteiger partial charge in [-0.05, 0) is 42.5 Å². The number of phenols is 1. The molecule has 3 N–H and O–H groups in total. The lowest BCUT2D eigenvalue weighted by Gasteiger charge is -2.00. The maximum Gasteiger partial charge on any atom is 0.292 e. The van der Waals surface area contributed by atoms with Gasteiger partial charge in [0.05, 0.1) is 10.7 Å². The number of hydrogen-bond acceptors (Lipinski definition) is 4. The van der Waals surface area contributed by atoms with Gasteiger partial charge < -0.3 is 5.11 Å². The van der Waals surface area contributed by atoms with Crippen molar-refractivity contribution >= 4 is 34.6 Å². The zero-order valence-electron chi connectivity index (χ0n) is 11.5. The molecular weight excluding hydrogens is 339 g/mol. The number of hydrogen-bond donors (Lipinski definition) is 3. The van der Waals surface area contributed by atoms with Crippen LogP contribution in [0, 0.1) is 0 Å². The Morgan fingerprint density at radius 1 is 0.957 bits per heavy atom. The van der Waals surface area contributed by atoms with Crippen LogP contribution in [-0.4, -0.2) is 15.3 Å². The second kappa shape index (κ2) is 6.28. The topological polar surface area (TPSA) is 93.6 Å². The number of aromatic amines is 2. The summed E-state index contributed by atoms with van der Waals surface area (Å²) in [6, 6.07) is 11.1. The first-order chi connectivity index (χ1) is 11.0. The first kappa shape index (κ1) is 15.3. The van der Waals surface area contributed by atoms with Crippen molar-refractivity contribution in [2.75, 3.05) is 0 Å². The van der Waals surface area contributed by atoms with Crippen LogP contribution < -0.4 is 5.56 Å². The summed E-state index contributed by atoms with van der Waals surface area (Å²) < 4.78 is 0. The Hall–Kier alpha value is -2.57. The van der Waals surface area contributed by atoms with E-state index in [1.54, 1.807) is 30.3 Å². The fourth-order valence-electron chi connectivity index (χ4n) is 1.95. The first-order valence-electron chi connectivity index (χ1n) is 6.51. The lowest BCUT2D eigenvalue weighted by Crippen LogP contribution is -1.96. The zero-order chi connectivity index (χ0) is 16.4. The number of rotatable bonds is 3. The van der Waals surface area contributed by atoms with Crippen molar-refractivity contribution in [1.29, 1.82) is 0 Å². The van der Waals surface area contributed by atoms with E-state index in [1.165, 1.54) is 12.1 Å². The number of nitrogens with one attached hydrogen (secondary N) is 2. The Morgan fingerprint density at radius 3 is 2.39 bits per heavy atom. The van der Waals surface area contributed by atoms with Gasteiger partial charge in [0.25, 0.3) is 5.56 Å². The van der Waals surface area contributed by atoms with Crippen molar-refractivity contribution in [3.05, 3.63) is 62.9 Å². The van der Waals surface area contributed by atoms with Gasteiger partial charge in [-0.1, -0.05) is 23.2 Å². The molecule has 0 radical (unpaired) electrons. The number of benzene rings is 2. The lowest BCUT2D eigenvalue weighted by molar-refractivity contribution is 0.475.